The Labute approximate surface area is 265 Å². The first-order valence-corrected chi connectivity index (χ1v) is 16.5. The molecule has 8 nitrogen and oxygen atoms in total. The van der Waals surface area contributed by atoms with Crippen molar-refractivity contribution in [3.8, 4) is 5.75 Å². The molecule has 0 radical (unpaired) electrons. The Hall–Kier alpha value is -3.81. The van der Waals surface area contributed by atoms with Crippen LogP contribution in [0.3, 0.4) is 0 Å². The van der Waals surface area contributed by atoms with Crippen LogP contribution in [0.25, 0.3) is 0 Å². The smallest absolute Gasteiger partial charge is 0.389 e. The van der Waals surface area contributed by atoms with Crippen LogP contribution >= 0.6 is 11.3 Å². The number of anilines is 1. The molecule has 1 unspecified atom stereocenters. The van der Waals surface area contributed by atoms with Crippen molar-refractivity contribution in [1.82, 2.24) is 10.3 Å². The number of benzene rings is 2. The third-order valence-corrected chi connectivity index (χ3v) is 9.94. The highest BCUT2D eigenvalue weighted by molar-refractivity contribution is 7.93. The average molecular weight is 664 g/mol. The molecular weight excluding hydrogens is 627 g/mol. The van der Waals surface area contributed by atoms with E-state index >= 15 is 0 Å². The van der Waals surface area contributed by atoms with Gasteiger partial charge in [0.25, 0.3) is 10.0 Å². The van der Waals surface area contributed by atoms with Gasteiger partial charge in [-0.25, -0.2) is 17.7 Å². The number of sulfonamides is 1. The van der Waals surface area contributed by atoms with Gasteiger partial charge in [0.05, 0.1) is 32.3 Å². The zero-order valence-corrected chi connectivity index (χ0v) is 26.8. The summed E-state index contributed by atoms with van der Waals surface area (Å²) in [6.07, 6.45) is -0.214. The Kier molecular flexibility index (Phi) is 11.3. The maximum atomic E-state index is 14.1. The molecule has 2 aromatic carbocycles. The Morgan fingerprint density at radius 1 is 1.22 bits per heavy atom. The molecule has 13 heteroatoms. The molecule has 0 saturated carbocycles. The van der Waals surface area contributed by atoms with Crippen LogP contribution in [-0.2, 0) is 19.5 Å². The number of thiazole rings is 1. The summed E-state index contributed by atoms with van der Waals surface area (Å²) in [5.74, 6) is 1.20. The molecule has 0 fully saturated rings. The summed E-state index contributed by atoms with van der Waals surface area (Å²) in [7, 11) is -1.18. The molecule has 0 spiro atoms. The van der Waals surface area contributed by atoms with Crippen LogP contribution in [0.1, 0.15) is 49.4 Å². The number of nitrogens with zero attached hydrogens (tertiary/aromatic N) is 2. The minimum Gasteiger partial charge on any atom is -0.497 e. The standard InChI is InChI=1S/C32H36F3N3O5S2/c1-5-24(41-3)19-29(42-4)22(2)21-38(31-36-16-18-44-31)45(39,40)25-11-12-26-28(14-17-43-30(26)20-25)37-27(13-15-32(33,34)35)23-9-7-6-8-10-23/h5-12,16,18-20,27-28,37H,1,13-15,17,21H2,2-4H3/b24-19+,29-22-/t27?,28-/m0/s1. The van der Waals surface area contributed by atoms with Crippen molar-refractivity contribution in [1.29, 1.82) is 0 Å². The second-order valence-electron chi connectivity index (χ2n) is 10.3. The minimum absolute atomic E-state index is 0.0141. The number of hydrogen-bond donors (Lipinski definition) is 1. The first kappa shape index (κ1) is 34.1. The van der Waals surface area contributed by atoms with E-state index in [9.17, 15) is 21.6 Å². The first-order chi connectivity index (χ1) is 21.5. The van der Waals surface area contributed by atoms with E-state index in [1.165, 1.54) is 54.3 Å². The van der Waals surface area contributed by atoms with Crippen LogP contribution in [0.15, 0.2) is 101 Å². The fourth-order valence-electron chi connectivity index (χ4n) is 4.99. The summed E-state index contributed by atoms with van der Waals surface area (Å²) in [4.78, 5) is 4.25. The topological polar surface area (TPSA) is 90.0 Å². The highest BCUT2D eigenvalue weighted by Gasteiger charge is 2.33. The van der Waals surface area contributed by atoms with Gasteiger partial charge in [-0.3, -0.25) is 0 Å². The number of ether oxygens (including phenoxy) is 3. The predicted octanol–water partition coefficient (Wildman–Crippen LogP) is 7.47. The summed E-state index contributed by atoms with van der Waals surface area (Å²) >= 11 is 1.17. The summed E-state index contributed by atoms with van der Waals surface area (Å²) in [5, 5.41) is 5.33. The van der Waals surface area contributed by atoms with Gasteiger partial charge in [0.2, 0.25) is 0 Å². The Bertz CT molecular complexity index is 1610. The zero-order valence-electron chi connectivity index (χ0n) is 25.2. The number of alkyl halides is 3. The van der Waals surface area contributed by atoms with Crippen LogP contribution in [0.5, 0.6) is 5.75 Å². The van der Waals surface area contributed by atoms with Crippen LogP contribution < -0.4 is 14.4 Å². The molecule has 0 bridgehead atoms. The van der Waals surface area contributed by atoms with Crippen LogP contribution in [0, 0.1) is 0 Å². The van der Waals surface area contributed by atoms with E-state index in [4.69, 9.17) is 14.2 Å². The number of nitrogens with one attached hydrogen (secondary N) is 1. The minimum atomic E-state index is -4.29. The zero-order chi connectivity index (χ0) is 32.6. The quantitative estimate of drug-likeness (QED) is 0.141. The van der Waals surface area contributed by atoms with Gasteiger partial charge in [-0.2, -0.15) is 13.2 Å². The third kappa shape index (κ3) is 8.68. The van der Waals surface area contributed by atoms with Gasteiger partial charge in [-0.15, -0.1) is 11.3 Å². The number of fused-ring (bicyclic) bond motifs is 1. The number of allylic oxidation sites excluding steroid dienone is 2. The lowest BCUT2D eigenvalue weighted by Crippen LogP contribution is -2.34. The molecule has 1 N–H and O–H groups in total. The number of rotatable bonds is 14. The molecule has 3 aromatic rings. The van der Waals surface area contributed by atoms with Gasteiger partial charge in [0.15, 0.2) is 5.13 Å². The van der Waals surface area contributed by atoms with E-state index in [0.717, 1.165) is 5.56 Å². The van der Waals surface area contributed by atoms with Crippen LogP contribution in [0.4, 0.5) is 18.3 Å². The Morgan fingerprint density at radius 3 is 2.60 bits per heavy atom. The second kappa shape index (κ2) is 15.0. The lowest BCUT2D eigenvalue weighted by Gasteiger charge is -2.32. The number of methoxy groups -OCH3 is 2. The van der Waals surface area contributed by atoms with Gasteiger partial charge < -0.3 is 19.5 Å². The molecule has 0 amide bonds. The van der Waals surface area contributed by atoms with Crippen LogP contribution in [-0.4, -0.2) is 46.9 Å². The molecule has 45 heavy (non-hydrogen) atoms. The van der Waals surface area contributed by atoms with Gasteiger partial charge in [-0.05, 0) is 36.6 Å². The molecule has 2 heterocycles. The second-order valence-corrected chi connectivity index (χ2v) is 13.0. The summed E-state index contributed by atoms with van der Waals surface area (Å²) in [5.41, 5.74) is 2.01. The summed E-state index contributed by atoms with van der Waals surface area (Å²) in [6, 6.07) is 12.7. The van der Waals surface area contributed by atoms with Crippen molar-refractivity contribution in [2.45, 2.75) is 49.3 Å². The van der Waals surface area contributed by atoms with E-state index < -0.39 is 28.7 Å². The van der Waals surface area contributed by atoms with Crippen molar-refractivity contribution in [2.24, 2.45) is 0 Å². The van der Waals surface area contributed by atoms with Crippen molar-refractivity contribution < 1.29 is 35.8 Å². The van der Waals surface area contributed by atoms with Crippen molar-refractivity contribution in [2.75, 3.05) is 31.7 Å². The van der Waals surface area contributed by atoms with E-state index in [-0.39, 0.29) is 35.6 Å². The largest absolute Gasteiger partial charge is 0.497 e. The Morgan fingerprint density at radius 2 is 1.98 bits per heavy atom. The molecule has 4 rings (SSSR count). The normalized spacial score (nSPS) is 16.6. The molecule has 1 aromatic heterocycles. The lowest BCUT2D eigenvalue weighted by atomic mass is 9.96. The van der Waals surface area contributed by atoms with Crippen molar-refractivity contribution >= 4 is 26.5 Å². The van der Waals surface area contributed by atoms with Crippen LogP contribution in [0.2, 0.25) is 0 Å². The number of aromatic nitrogens is 1. The molecule has 1 aliphatic rings. The van der Waals surface area contributed by atoms with E-state index in [1.54, 1.807) is 48.7 Å². The first-order valence-electron chi connectivity index (χ1n) is 14.2. The molecular formula is C32H36F3N3O5S2. The molecule has 0 saturated heterocycles. The number of hydrogen-bond acceptors (Lipinski definition) is 8. The maximum absolute atomic E-state index is 14.1. The predicted molar refractivity (Wildman–Crippen MR) is 169 cm³/mol. The van der Waals surface area contributed by atoms with Crippen molar-refractivity contribution in [3.63, 3.8) is 0 Å². The van der Waals surface area contributed by atoms with Crippen molar-refractivity contribution in [3.05, 3.63) is 107 Å². The SMILES string of the molecule is C=C/C(=C\C(OC)=C(/C)CN(c1nccs1)S(=O)(=O)c1ccc2c(c1)OCC[C@@H]2NC(CCC(F)(F)F)c1ccccc1)OC. The summed E-state index contributed by atoms with van der Waals surface area (Å²) < 4.78 is 85.6. The molecule has 242 valence electrons. The van der Waals surface area contributed by atoms with Gasteiger partial charge in [-0.1, -0.05) is 43.0 Å². The van der Waals surface area contributed by atoms with E-state index in [0.29, 0.717) is 34.8 Å². The highest BCUT2D eigenvalue weighted by atomic mass is 32.2. The average Bonchev–Trinajstić information content (AvgIpc) is 3.56. The van der Waals surface area contributed by atoms with Gasteiger partial charge in [0.1, 0.15) is 17.3 Å². The summed E-state index contributed by atoms with van der Waals surface area (Å²) in [6.45, 7) is 5.65. The monoisotopic (exact) mass is 663 g/mol. The van der Waals surface area contributed by atoms with Gasteiger partial charge in [0, 0.05) is 54.2 Å². The Balaban J connectivity index is 1.66. The fraction of sp³-hybridized carbons (Fsp3) is 0.344. The number of halogens is 3. The lowest BCUT2D eigenvalue weighted by molar-refractivity contribution is -0.136. The fourth-order valence-corrected chi connectivity index (χ4v) is 7.33. The van der Waals surface area contributed by atoms with E-state index in [1.807, 2.05) is 6.07 Å². The third-order valence-electron chi connectivity index (χ3n) is 7.30. The van der Waals surface area contributed by atoms with E-state index in [2.05, 4.69) is 16.9 Å². The highest BCUT2D eigenvalue weighted by Crippen LogP contribution is 2.38. The molecule has 2 atom stereocenters. The maximum Gasteiger partial charge on any atom is 0.389 e. The van der Waals surface area contributed by atoms with Gasteiger partial charge >= 0.3 is 6.18 Å². The molecule has 1 aliphatic heterocycles. The molecule has 0 aliphatic carbocycles.